The Labute approximate surface area is 112 Å². The monoisotopic (exact) mass is 287 g/mol. The number of alkyl halides is 3. The van der Waals surface area contributed by atoms with Crippen molar-refractivity contribution >= 4 is 11.6 Å². The Morgan fingerprint density at radius 2 is 1.79 bits per heavy atom. The smallest absolute Gasteiger partial charge is 0.371 e. The summed E-state index contributed by atoms with van der Waals surface area (Å²) in [5.74, 6) is 0. The van der Waals surface area contributed by atoms with Crippen LogP contribution in [0.1, 0.15) is 11.3 Å². The summed E-state index contributed by atoms with van der Waals surface area (Å²) in [5, 5.41) is 10.3. The molecule has 0 fully saturated rings. The second-order valence-electron chi connectivity index (χ2n) is 3.93. The van der Waals surface area contributed by atoms with Gasteiger partial charge < -0.3 is 5.11 Å². The summed E-state index contributed by atoms with van der Waals surface area (Å²) in [6, 6.07) is 8.98. The van der Waals surface area contributed by atoms with Crippen molar-refractivity contribution in [3.8, 4) is 0 Å². The zero-order valence-electron chi connectivity index (χ0n) is 9.53. The highest BCUT2D eigenvalue weighted by atomic mass is 35.5. The molecule has 2 rings (SSSR count). The Bertz CT molecular complexity index is 574. The highest BCUT2D eigenvalue weighted by Gasteiger charge is 2.57. The molecule has 0 bridgehead atoms. The molecular weight excluding hydrogens is 279 g/mol. The van der Waals surface area contributed by atoms with E-state index in [1.165, 1.54) is 30.5 Å². The lowest BCUT2D eigenvalue weighted by atomic mass is 9.89. The standard InChI is InChI=1S/C13H9ClF3NO/c14-10-5-3-4-9(8-10)12(19,13(15,16)17)11-6-1-2-7-18-11/h1-8,19H. The molecule has 0 spiro atoms. The molecule has 1 heterocycles. The minimum absolute atomic E-state index is 0.108. The number of halogens is 4. The van der Waals surface area contributed by atoms with Crippen molar-refractivity contribution in [2.45, 2.75) is 11.8 Å². The predicted octanol–water partition coefficient (Wildman–Crippen LogP) is 3.53. The summed E-state index contributed by atoms with van der Waals surface area (Å²) < 4.78 is 39.8. The third-order valence-corrected chi connectivity index (χ3v) is 2.92. The molecule has 2 nitrogen and oxygen atoms in total. The van der Waals surface area contributed by atoms with Gasteiger partial charge in [-0.1, -0.05) is 29.8 Å². The van der Waals surface area contributed by atoms with Crippen LogP contribution in [0.25, 0.3) is 0 Å². The quantitative estimate of drug-likeness (QED) is 0.916. The number of pyridine rings is 1. The molecular formula is C13H9ClF3NO. The number of benzene rings is 1. The van der Waals surface area contributed by atoms with Gasteiger partial charge >= 0.3 is 6.18 Å². The summed E-state index contributed by atoms with van der Waals surface area (Å²) in [6.07, 6.45) is -3.72. The number of hydrogen-bond donors (Lipinski definition) is 1. The van der Waals surface area contributed by atoms with Gasteiger partial charge in [0.25, 0.3) is 0 Å². The molecule has 1 atom stereocenters. The third-order valence-electron chi connectivity index (χ3n) is 2.69. The second-order valence-corrected chi connectivity index (χ2v) is 4.37. The van der Waals surface area contributed by atoms with Gasteiger partial charge in [0.2, 0.25) is 5.60 Å². The molecule has 100 valence electrons. The van der Waals surface area contributed by atoms with Crippen LogP contribution in [0, 0.1) is 0 Å². The third kappa shape index (κ3) is 2.43. The zero-order valence-corrected chi connectivity index (χ0v) is 10.3. The summed E-state index contributed by atoms with van der Waals surface area (Å²) >= 11 is 5.69. The van der Waals surface area contributed by atoms with Gasteiger partial charge in [-0.25, -0.2) is 0 Å². The van der Waals surface area contributed by atoms with Crippen molar-refractivity contribution in [3.05, 3.63) is 64.9 Å². The molecule has 0 saturated heterocycles. The fraction of sp³-hybridized carbons (Fsp3) is 0.154. The lowest BCUT2D eigenvalue weighted by Gasteiger charge is -2.30. The average molecular weight is 288 g/mol. The van der Waals surface area contributed by atoms with Gasteiger partial charge in [0.05, 0.1) is 5.69 Å². The number of nitrogens with zero attached hydrogens (tertiary/aromatic N) is 1. The van der Waals surface area contributed by atoms with Crippen LogP contribution in [-0.2, 0) is 5.60 Å². The highest BCUT2D eigenvalue weighted by Crippen LogP contribution is 2.43. The average Bonchev–Trinajstić information content (AvgIpc) is 2.37. The van der Waals surface area contributed by atoms with E-state index in [2.05, 4.69) is 4.98 Å². The van der Waals surface area contributed by atoms with E-state index < -0.39 is 17.5 Å². The summed E-state index contributed by atoms with van der Waals surface area (Å²) in [5.41, 5.74) is -4.05. The van der Waals surface area contributed by atoms with Crippen LogP contribution in [0.5, 0.6) is 0 Å². The van der Waals surface area contributed by atoms with E-state index >= 15 is 0 Å². The molecule has 0 amide bonds. The maximum Gasteiger partial charge on any atom is 0.427 e. The van der Waals surface area contributed by atoms with Crippen LogP contribution >= 0.6 is 11.6 Å². The van der Waals surface area contributed by atoms with Crippen LogP contribution in [0.15, 0.2) is 48.7 Å². The molecule has 1 aromatic heterocycles. The first kappa shape index (κ1) is 13.8. The van der Waals surface area contributed by atoms with Gasteiger partial charge in [-0.2, -0.15) is 13.2 Å². The van der Waals surface area contributed by atoms with Crippen LogP contribution < -0.4 is 0 Å². The summed E-state index contributed by atoms with van der Waals surface area (Å²) in [7, 11) is 0. The Kier molecular flexibility index (Phi) is 3.52. The SMILES string of the molecule is OC(c1cccc(Cl)c1)(c1ccccn1)C(F)(F)F. The first-order valence-electron chi connectivity index (χ1n) is 5.32. The van der Waals surface area contributed by atoms with Gasteiger partial charge in [0.15, 0.2) is 0 Å². The number of aliphatic hydroxyl groups is 1. The zero-order chi connectivity index (χ0) is 14.1. The van der Waals surface area contributed by atoms with E-state index in [9.17, 15) is 18.3 Å². The molecule has 0 saturated carbocycles. The molecule has 1 N–H and O–H groups in total. The molecule has 0 aliphatic heterocycles. The Balaban J connectivity index is 2.66. The molecule has 0 aliphatic carbocycles. The van der Waals surface area contributed by atoms with Crippen molar-refractivity contribution in [1.29, 1.82) is 0 Å². The van der Waals surface area contributed by atoms with Crippen LogP contribution in [0.4, 0.5) is 13.2 Å². The largest absolute Gasteiger partial charge is 0.427 e. The van der Waals surface area contributed by atoms with Crippen LogP contribution in [0.3, 0.4) is 0 Å². The van der Waals surface area contributed by atoms with Gasteiger partial charge in [-0.05, 0) is 24.3 Å². The van der Waals surface area contributed by atoms with E-state index in [4.69, 9.17) is 11.6 Å². The van der Waals surface area contributed by atoms with Crippen molar-refractivity contribution in [3.63, 3.8) is 0 Å². The Morgan fingerprint density at radius 3 is 2.32 bits per heavy atom. The first-order chi connectivity index (χ1) is 8.85. The minimum atomic E-state index is -4.91. The predicted molar refractivity (Wildman–Crippen MR) is 64.7 cm³/mol. The second kappa shape index (κ2) is 4.83. The van der Waals surface area contributed by atoms with Gasteiger partial charge in [-0.3, -0.25) is 4.98 Å². The molecule has 1 aromatic carbocycles. The lowest BCUT2D eigenvalue weighted by Crippen LogP contribution is -2.44. The number of hydrogen-bond acceptors (Lipinski definition) is 2. The van der Waals surface area contributed by atoms with E-state index in [1.807, 2.05) is 0 Å². The normalized spacial score (nSPS) is 15.0. The number of rotatable bonds is 2. The molecule has 2 aromatic rings. The molecule has 19 heavy (non-hydrogen) atoms. The van der Waals surface area contributed by atoms with E-state index in [1.54, 1.807) is 0 Å². The maximum atomic E-state index is 13.3. The first-order valence-corrected chi connectivity index (χ1v) is 5.70. The lowest BCUT2D eigenvalue weighted by molar-refractivity contribution is -0.249. The van der Waals surface area contributed by atoms with Gasteiger partial charge in [-0.15, -0.1) is 0 Å². The van der Waals surface area contributed by atoms with Crippen molar-refractivity contribution in [2.75, 3.05) is 0 Å². The fourth-order valence-corrected chi connectivity index (χ4v) is 1.94. The fourth-order valence-electron chi connectivity index (χ4n) is 1.75. The van der Waals surface area contributed by atoms with Gasteiger partial charge in [0.1, 0.15) is 0 Å². The van der Waals surface area contributed by atoms with E-state index in [0.29, 0.717) is 0 Å². The van der Waals surface area contributed by atoms with E-state index in [-0.39, 0.29) is 10.6 Å². The van der Waals surface area contributed by atoms with Crippen LogP contribution in [-0.4, -0.2) is 16.3 Å². The summed E-state index contributed by atoms with van der Waals surface area (Å²) in [6.45, 7) is 0. The minimum Gasteiger partial charge on any atom is -0.371 e. The van der Waals surface area contributed by atoms with Crippen molar-refractivity contribution in [2.24, 2.45) is 0 Å². The molecule has 0 aliphatic rings. The topological polar surface area (TPSA) is 33.1 Å². The van der Waals surface area contributed by atoms with E-state index in [0.717, 1.165) is 18.2 Å². The highest BCUT2D eigenvalue weighted by molar-refractivity contribution is 6.30. The Hall–Kier alpha value is -1.59. The number of aromatic nitrogens is 1. The van der Waals surface area contributed by atoms with Crippen LogP contribution in [0.2, 0.25) is 5.02 Å². The van der Waals surface area contributed by atoms with Crippen molar-refractivity contribution in [1.82, 2.24) is 4.98 Å². The van der Waals surface area contributed by atoms with Crippen molar-refractivity contribution < 1.29 is 18.3 Å². The molecule has 6 heteroatoms. The molecule has 1 unspecified atom stereocenters. The Morgan fingerprint density at radius 1 is 1.05 bits per heavy atom. The van der Waals surface area contributed by atoms with Gasteiger partial charge in [0, 0.05) is 16.8 Å². The summed E-state index contributed by atoms with van der Waals surface area (Å²) in [4.78, 5) is 3.61. The maximum absolute atomic E-state index is 13.3. The molecule has 0 radical (unpaired) electrons.